The fraction of sp³-hybridized carbons (Fsp3) is 0.562. The standard InChI is InChI=1S/C16H25N5/c1-10-8-15(19-13(4)17-10)18-11(2)14-9-21(16(5,6)7)20-12(14)3/h8-9,11H,1-7H3,(H,17,18,19). The van der Waals surface area contributed by atoms with Crippen molar-refractivity contribution < 1.29 is 0 Å². The Morgan fingerprint density at radius 1 is 1.14 bits per heavy atom. The fourth-order valence-corrected chi connectivity index (χ4v) is 2.33. The van der Waals surface area contributed by atoms with Crippen LogP contribution in [0.15, 0.2) is 12.3 Å². The number of hydrogen-bond donors (Lipinski definition) is 1. The number of aromatic nitrogens is 4. The lowest BCUT2D eigenvalue weighted by Gasteiger charge is -2.19. The Morgan fingerprint density at radius 3 is 2.33 bits per heavy atom. The minimum absolute atomic E-state index is 0.00910. The summed E-state index contributed by atoms with van der Waals surface area (Å²) in [7, 11) is 0. The maximum Gasteiger partial charge on any atom is 0.130 e. The summed E-state index contributed by atoms with van der Waals surface area (Å²) >= 11 is 0. The highest BCUT2D eigenvalue weighted by Crippen LogP contribution is 2.23. The van der Waals surface area contributed by atoms with Gasteiger partial charge in [0.25, 0.3) is 0 Å². The zero-order valence-corrected chi connectivity index (χ0v) is 14.0. The molecule has 5 heteroatoms. The predicted molar refractivity (Wildman–Crippen MR) is 85.5 cm³/mol. The van der Waals surface area contributed by atoms with E-state index in [1.54, 1.807) is 0 Å². The fourth-order valence-electron chi connectivity index (χ4n) is 2.33. The molecule has 114 valence electrons. The zero-order chi connectivity index (χ0) is 15.8. The molecule has 0 aliphatic carbocycles. The van der Waals surface area contributed by atoms with Crippen LogP contribution in [0.2, 0.25) is 0 Å². The molecule has 0 aromatic carbocycles. The first kappa shape index (κ1) is 15.5. The number of anilines is 1. The molecule has 0 bridgehead atoms. The smallest absolute Gasteiger partial charge is 0.130 e. The molecule has 0 fully saturated rings. The molecule has 1 unspecified atom stereocenters. The number of nitrogens with one attached hydrogen (secondary N) is 1. The van der Waals surface area contributed by atoms with Crippen molar-refractivity contribution in [2.45, 2.75) is 60.0 Å². The van der Waals surface area contributed by atoms with Crippen molar-refractivity contribution in [1.82, 2.24) is 19.7 Å². The average Bonchev–Trinajstić information content (AvgIpc) is 2.69. The number of rotatable bonds is 3. The van der Waals surface area contributed by atoms with Gasteiger partial charge in [-0.2, -0.15) is 5.10 Å². The van der Waals surface area contributed by atoms with E-state index in [2.05, 4.69) is 54.3 Å². The Kier molecular flexibility index (Phi) is 4.03. The summed E-state index contributed by atoms with van der Waals surface area (Å²) in [6, 6.07) is 2.11. The van der Waals surface area contributed by atoms with Gasteiger partial charge in [-0.1, -0.05) is 0 Å². The van der Waals surface area contributed by atoms with E-state index >= 15 is 0 Å². The summed E-state index contributed by atoms with van der Waals surface area (Å²) in [5.41, 5.74) is 3.20. The lowest BCUT2D eigenvalue weighted by Crippen LogP contribution is -2.22. The summed E-state index contributed by atoms with van der Waals surface area (Å²) < 4.78 is 2.02. The van der Waals surface area contributed by atoms with Crippen molar-refractivity contribution in [2.75, 3.05) is 5.32 Å². The van der Waals surface area contributed by atoms with E-state index in [0.717, 1.165) is 23.0 Å². The van der Waals surface area contributed by atoms with Gasteiger partial charge >= 0.3 is 0 Å². The highest BCUT2D eigenvalue weighted by molar-refractivity contribution is 5.39. The van der Waals surface area contributed by atoms with Crippen LogP contribution in [-0.2, 0) is 5.54 Å². The van der Waals surface area contributed by atoms with Crippen molar-refractivity contribution in [2.24, 2.45) is 0 Å². The first-order valence-corrected chi connectivity index (χ1v) is 7.32. The van der Waals surface area contributed by atoms with Gasteiger partial charge in [-0.3, -0.25) is 4.68 Å². The van der Waals surface area contributed by atoms with Crippen LogP contribution in [0, 0.1) is 20.8 Å². The molecule has 2 aromatic rings. The van der Waals surface area contributed by atoms with Crippen LogP contribution in [0.25, 0.3) is 0 Å². The second-order valence-corrected chi connectivity index (χ2v) is 6.59. The van der Waals surface area contributed by atoms with Gasteiger partial charge in [-0.25, -0.2) is 9.97 Å². The zero-order valence-electron chi connectivity index (χ0n) is 14.0. The van der Waals surface area contributed by atoms with Crippen LogP contribution >= 0.6 is 0 Å². The van der Waals surface area contributed by atoms with Crippen molar-refractivity contribution >= 4 is 5.82 Å². The first-order valence-electron chi connectivity index (χ1n) is 7.32. The quantitative estimate of drug-likeness (QED) is 0.938. The second-order valence-electron chi connectivity index (χ2n) is 6.59. The molecule has 2 heterocycles. The molecular formula is C16H25N5. The van der Waals surface area contributed by atoms with Crippen LogP contribution < -0.4 is 5.32 Å². The Bertz CT molecular complexity index is 616. The third-order valence-electron chi connectivity index (χ3n) is 3.42. The Balaban J connectivity index is 2.24. The molecular weight excluding hydrogens is 262 g/mol. The van der Waals surface area contributed by atoms with Gasteiger partial charge < -0.3 is 5.32 Å². The van der Waals surface area contributed by atoms with Crippen molar-refractivity contribution in [3.8, 4) is 0 Å². The molecule has 0 radical (unpaired) electrons. The summed E-state index contributed by atoms with van der Waals surface area (Å²) in [5.74, 6) is 1.64. The largest absolute Gasteiger partial charge is 0.363 e. The topological polar surface area (TPSA) is 55.6 Å². The SMILES string of the molecule is Cc1cc(NC(C)c2cn(C(C)(C)C)nc2C)nc(C)n1. The lowest BCUT2D eigenvalue weighted by atomic mass is 10.1. The van der Waals surface area contributed by atoms with Gasteiger partial charge in [0.15, 0.2) is 0 Å². The molecule has 0 aliphatic rings. The third-order valence-corrected chi connectivity index (χ3v) is 3.42. The summed E-state index contributed by atoms with van der Waals surface area (Å²) in [6.07, 6.45) is 2.12. The summed E-state index contributed by atoms with van der Waals surface area (Å²) in [6.45, 7) is 14.5. The summed E-state index contributed by atoms with van der Waals surface area (Å²) in [5, 5.41) is 8.06. The molecule has 2 rings (SSSR count). The summed E-state index contributed by atoms with van der Waals surface area (Å²) in [4.78, 5) is 8.74. The van der Waals surface area contributed by atoms with Gasteiger partial charge in [0, 0.05) is 23.5 Å². The highest BCUT2D eigenvalue weighted by atomic mass is 15.3. The average molecular weight is 287 g/mol. The normalized spacial score (nSPS) is 13.3. The van der Waals surface area contributed by atoms with Crippen LogP contribution in [-0.4, -0.2) is 19.7 Å². The molecule has 0 saturated carbocycles. The molecule has 21 heavy (non-hydrogen) atoms. The van der Waals surface area contributed by atoms with E-state index in [4.69, 9.17) is 0 Å². The second kappa shape index (κ2) is 5.47. The molecule has 5 nitrogen and oxygen atoms in total. The van der Waals surface area contributed by atoms with E-state index in [1.807, 2.05) is 31.5 Å². The van der Waals surface area contributed by atoms with E-state index in [9.17, 15) is 0 Å². The molecule has 0 spiro atoms. The number of aryl methyl sites for hydroxylation is 3. The Hall–Kier alpha value is -1.91. The van der Waals surface area contributed by atoms with Gasteiger partial charge in [0.1, 0.15) is 11.6 Å². The van der Waals surface area contributed by atoms with Crippen molar-refractivity contribution in [3.63, 3.8) is 0 Å². The van der Waals surface area contributed by atoms with Crippen molar-refractivity contribution in [3.05, 3.63) is 35.0 Å². The monoisotopic (exact) mass is 287 g/mol. The van der Waals surface area contributed by atoms with Crippen LogP contribution in [0.4, 0.5) is 5.82 Å². The molecule has 0 saturated heterocycles. The van der Waals surface area contributed by atoms with E-state index in [0.29, 0.717) is 0 Å². The van der Waals surface area contributed by atoms with Crippen LogP contribution in [0.1, 0.15) is 56.5 Å². The number of nitrogens with zero attached hydrogens (tertiary/aromatic N) is 4. The van der Waals surface area contributed by atoms with Gasteiger partial charge in [-0.05, 0) is 48.5 Å². The maximum atomic E-state index is 4.62. The Morgan fingerprint density at radius 2 is 1.81 bits per heavy atom. The Labute approximate surface area is 126 Å². The lowest BCUT2D eigenvalue weighted by molar-refractivity contribution is 0.354. The van der Waals surface area contributed by atoms with Gasteiger partial charge in [-0.15, -0.1) is 0 Å². The molecule has 0 aliphatic heterocycles. The van der Waals surface area contributed by atoms with E-state index < -0.39 is 0 Å². The first-order chi connectivity index (χ1) is 9.66. The van der Waals surface area contributed by atoms with Crippen LogP contribution in [0.3, 0.4) is 0 Å². The van der Waals surface area contributed by atoms with E-state index in [1.165, 1.54) is 5.56 Å². The van der Waals surface area contributed by atoms with Gasteiger partial charge in [0.2, 0.25) is 0 Å². The molecule has 1 atom stereocenters. The third kappa shape index (κ3) is 3.60. The van der Waals surface area contributed by atoms with Gasteiger partial charge in [0.05, 0.1) is 17.3 Å². The minimum atomic E-state index is -0.00910. The van der Waals surface area contributed by atoms with Crippen LogP contribution in [0.5, 0.6) is 0 Å². The maximum absolute atomic E-state index is 4.62. The number of hydrogen-bond acceptors (Lipinski definition) is 4. The van der Waals surface area contributed by atoms with E-state index in [-0.39, 0.29) is 11.6 Å². The predicted octanol–water partition coefficient (Wildman–Crippen LogP) is 3.53. The molecule has 2 aromatic heterocycles. The minimum Gasteiger partial charge on any atom is -0.363 e. The van der Waals surface area contributed by atoms with Crippen molar-refractivity contribution in [1.29, 1.82) is 0 Å². The highest BCUT2D eigenvalue weighted by Gasteiger charge is 2.19. The molecule has 1 N–H and O–H groups in total. The molecule has 0 amide bonds.